The minimum absolute atomic E-state index is 0.0267. The van der Waals surface area contributed by atoms with E-state index in [2.05, 4.69) is 44.3 Å². The number of aldehydes is 1. The predicted octanol–water partition coefficient (Wildman–Crippen LogP) is 3.17. The summed E-state index contributed by atoms with van der Waals surface area (Å²) < 4.78 is 44.4. The van der Waals surface area contributed by atoms with E-state index in [0.29, 0.717) is 26.6 Å². The van der Waals surface area contributed by atoms with Gasteiger partial charge in [0, 0.05) is 12.6 Å². The van der Waals surface area contributed by atoms with Crippen molar-refractivity contribution in [1.29, 1.82) is 0 Å². The highest BCUT2D eigenvalue weighted by Crippen LogP contribution is 2.36. The first-order chi connectivity index (χ1) is 17.4. The number of halogens is 1. The number of anilines is 2. The topological polar surface area (TPSA) is 126 Å². The van der Waals surface area contributed by atoms with Gasteiger partial charge < -0.3 is 20.3 Å². The van der Waals surface area contributed by atoms with Gasteiger partial charge in [-0.15, -0.1) is 11.3 Å². The number of thiophene rings is 1. The molecule has 0 saturated heterocycles. The fourth-order valence-electron chi connectivity index (χ4n) is 3.22. The Bertz CT molecular complexity index is 1280. The first-order valence-electron chi connectivity index (χ1n) is 11.6. The van der Waals surface area contributed by atoms with Crippen LogP contribution in [0.5, 0.6) is 5.75 Å². The molecule has 2 heterocycles. The van der Waals surface area contributed by atoms with E-state index in [1.54, 1.807) is 13.8 Å². The van der Waals surface area contributed by atoms with Gasteiger partial charge in [0.2, 0.25) is 10.0 Å². The second-order valence-corrected chi connectivity index (χ2v) is 11.6. The zero-order valence-corrected chi connectivity index (χ0v) is 23.6. The number of benzene rings is 1. The number of nitrogens with one attached hydrogen (secondary N) is 3. The van der Waals surface area contributed by atoms with Crippen molar-refractivity contribution in [2.45, 2.75) is 26.4 Å². The van der Waals surface area contributed by atoms with Crippen molar-refractivity contribution < 1.29 is 22.3 Å². The van der Waals surface area contributed by atoms with E-state index < -0.39 is 21.9 Å². The molecule has 0 saturated carbocycles. The number of carbonyl (C=O) groups excluding carboxylic acids is 1. The van der Waals surface area contributed by atoms with Gasteiger partial charge in [0.05, 0.1) is 22.2 Å². The zero-order valence-electron chi connectivity index (χ0n) is 22.0. The molecule has 0 fully saturated rings. The van der Waals surface area contributed by atoms with Gasteiger partial charge in [0.15, 0.2) is 6.29 Å². The summed E-state index contributed by atoms with van der Waals surface area (Å²) in [5.74, 6) is 0.148. The fourth-order valence-corrected chi connectivity index (χ4v) is 4.72. The van der Waals surface area contributed by atoms with Crippen molar-refractivity contribution in [3.63, 3.8) is 0 Å². The summed E-state index contributed by atoms with van der Waals surface area (Å²) in [5, 5.41) is 6.90. The lowest BCUT2D eigenvalue weighted by atomic mass is 10.2. The molecule has 1 unspecified atom stereocenters. The van der Waals surface area contributed by atoms with E-state index in [0.717, 1.165) is 24.7 Å². The Morgan fingerprint density at radius 2 is 2.00 bits per heavy atom. The molecule has 0 aliphatic rings. The van der Waals surface area contributed by atoms with Gasteiger partial charge in [0.25, 0.3) is 0 Å². The predicted molar refractivity (Wildman–Crippen MR) is 147 cm³/mol. The van der Waals surface area contributed by atoms with Crippen LogP contribution >= 0.6 is 11.3 Å². The quantitative estimate of drug-likeness (QED) is 0.229. The monoisotopic (exact) mass is 554 g/mol. The van der Waals surface area contributed by atoms with Crippen LogP contribution in [0.4, 0.5) is 15.9 Å². The number of aryl methyl sites for hydroxylation is 1. The maximum Gasteiger partial charge on any atom is 0.208 e. The Kier molecular flexibility index (Phi) is 11.8. The minimum atomic E-state index is -3.37. The number of rotatable bonds is 12. The summed E-state index contributed by atoms with van der Waals surface area (Å²) in [6, 6.07) is 3.97. The van der Waals surface area contributed by atoms with Crippen molar-refractivity contribution in [2.75, 3.05) is 52.3 Å². The van der Waals surface area contributed by atoms with Crippen LogP contribution in [0.15, 0.2) is 24.5 Å². The van der Waals surface area contributed by atoms with Gasteiger partial charge in [-0.05, 0) is 72.2 Å². The number of aromatic nitrogens is 2. The number of ether oxygens (including phenoxy) is 1. The fraction of sp³-hybridized carbons (Fsp3) is 0.458. The summed E-state index contributed by atoms with van der Waals surface area (Å²) in [6.45, 7) is 5.80. The summed E-state index contributed by atoms with van der Waals surface area (Å²) in [6.07, 6.45) is 3.88. The smallest absolute Gasteiger partial charge is 0.208 e. The minimum Gasteiger partial charge on any atom is -0.487 e. The number of hydrogen-bond donors (Lipinski definition) is 3. The third-order valence-corrected chi connectivity index (χ3v) is 6.88. The van der Waals surface area contributed by atoms with Gasteiger partial charge in [0.1, 0.15) is 34.6 Å². The number of nitrogens with zero attached hydrogens (tertiary/aromatic N) is 3. The number of sulfonamides is 1. The molecule has 0 radical (unpaired) electrons. The maximum absolute atomic E-state index is 13.8. The van der Waals surface area contributed by atoms with E-state index in [-0.39, 0.29) is 12.3 Å². The van der Waals surface area contributed by atoms with E-state index in [1.807, 2.05) is 7.05 Å². The van der Waals surface area contributed by atoms with Crippen LogP contribution in [0.3, 0.4) is 0 Å². The molecule has 0 bridgehead atoms. The molecule has 204 valence electrons. The SMILES string of the molecule is CNCCCN(C)C.Cc1c(C=O)sc2ncnc(Nc3ccc(F)cc3OC(C)CNS(C)(=O)=O)c12. The largest absolute Gasteiger partial charge is 0.487 e. The molecule has 1 aromatic carbocycles. The van der Waals surface area contributed by atoms with Crippen molar-refractivity contribution in [1.82, 2.24) is 24.9 Å². The average molecular weight is 555 g/mol. The third kappa shape index (κ3) is 9.93. The molecule has 2 aromatic heterocycles. The van der Waals surface area contributed by atoms with Crippen LogP contribution in [0, 0.1) is 12.7 Å². The Balaban J connectivity index is 0.000000521. The third-order valence-electron chi connectivity index (χ3n) is 5.06. The summed E-state index contributed by atoms with van der Waals surface area (Å²) in [7, 11) is 2.80. The second kappa shape index (κ2) is 14.3. The molecule has 37 heavy (non-hydrogen) atoms. The Hall–Kier alpha value is -2.71. The van der Waals surface area contributed by atoms with Crippen molar-refractivity contribution in [2.24, 2.45) is 0 Å². The summed E-state index contributed by atoms with van der Waals surface area (Å²) in [4.78, 5) is 23.1. The first kappa shape index (κ1) is 30.5. The summed E-state index contributed by atoms with van der Waals surface area (Å²) >= 11 is 1.26. The van der Waals surface area contributed by atoms with Gasteiger partial charge >= 0.3 is 0 Å². The molecule has 13 heteroatoms. The summed E-state index contributed by atoms with van der Waals surface area (Å²) in [5.41, 5.74) is 1.19. The van der Waals surface area contributed by atoms with Gasteiger partial charge in [-0.2, -0.15) is 0 Å². The molecule has 1 atom stereocenters. The van der Waals surface area contributed by atoms with Gasteiger partial charge in [-0.25, -0.2) is 27.5 Å². The van der Waals surface area contributed by atoms with E-state index >= 15 is 0 Å². The Morgan fingerprint density at radius 1 is 1.27 bits per heavy atom. The number of hydrogen-bond acceptors (Lipinski definition) is 10. The van der Waals surface area contributed by atoms with Gasteiger partial charge in [-0.3, -0.25) is 4.79 Å². The molecular weight excluding hydrogens is 519 g/mol. The maximum atomic E-state index is 13.8. The molecule has 0 aliphatic carbocycles. The Morgan fingerprint density at radius 3 is 2.62 bits per heavy atom. The number of fused-ring (bicyclic) bond motifs is 1. The first-order valence-corrected chi connectivity index (χ1v) is 14.3. The standard InChI is InChI=1S/C18H19FN4O4S2.C6H16N2/c1-10(7-22-29(3,25)26)27-14-6-12(19)4-5-13(14)23-17-16-11(2)15(8-24)28-18(16)21-9-20-17;1-7-5-4-6-8(2)3/h4-6,8-10,22H,7H2,1-3H3,(H,20,21,23);7H,4-6H2,1-3H3. The van der Waals surface area contributed by atoms with E-state index in [1.165, 1.54) is 48.8 Å². The van der Waals surface area contributed by atoms with Gasteiger partial charge in [-0.1, -0.05) is 0 Å². The van der Waals surface area contributed by atoms with Crippen molar-refractivity contribution in [3.05, 3.63) is 40.8 Å². The van der Waals surface area contributed by atoms with Crippen LogP contribution in [0.25, 0.3) is 10.2 Å². The normalized spacial score (nSPS) is 12.2. The highest BCUT2D eigenvalue weighted by molar-refractivity contribution is 7.88. The van der Waals surface area contributed by atoms with E-state index in [9.17, 15) is 17.6 Å². The van der Waals surface area contributed by atoms with Crippen LogP contribution in [-0.2, 0) is 10.0 Å². The average Bonchev–Trinajstić information content (AvgIpc) is 3.16. The van der Waals surface area contributed by atoms with E-state index in [4.69, 9.17) is 4.74 Å². The Labute approximate surface area is 221 Å². The van der Waals surface area contributed by atoms with Crippen LogP contribution in [0.1, 0.15) is 28.6 Å². The van der Waals surface area contributed by atoms with Crippen molar-refractivity contribution in [3.8, 4) is 5.75 Å². The highest BCUT2D eigenvalue weighted by atomic mass is 32.2. The lowest BCUT2D eigenvalue weighted by Gasteiger charge is -2.18. The molecule has 3 rings (SSSR count). The second-order valence-electron chi connectivity index (χ2n) is 8.69. The van der Waals surface area contributed by atoms with Crippen LogP contribution < -0.4 is 20.1 Å². The number of carbonyl (C=O) groups is 1. The van der Waals surface area contributed by atoms with Crippen LogP contribution in [-0.4, -0.2) is 82.7 Å². The molecule has 10 nitrogen and oxygen atoms in total. The van der Waals surface area contributed by atoms with Crippen molar-refractivity contribution >= 4 is 49.4 Å². The molecule has 0 aliphatic heterocycles. The zero-order chi connectivity index (χ0) is 27.6. The molecule has 3 N–H and O–H groups in total. The molecule has 3 aromatic rings. The lowest BCUT2D eigenvalue weighted by molar-refractivity contribution is 0.112. The highest BCUT2D eigenvalue weighted by Gasteiger charge is 2.17. The van der Waals surface area contributed by atoms with Crippen LogP contribution in [0.2, 0.25) is 0 Å². The molecule has 0 spiro atoms. The molecular formula is C24H35FN6O4S2. The lowest BCUT2D eigenvalue weighted by Crippen LogP contribution is -2.32. The molecule has 0 amide bonds.